The molecule has 3 aromatic rings. The predicted octanol–water partition coefficient (Wildman–Crippen LogP) is 0.597. The summed E-state index contributed by atoms with van der Waals surface area (Å²) in [6, 6.07) is 9.02. The van der Waals surface area contributed by atoms with Crippen LogP contribution in [0.3, 0.4) is 0 Å². The molecule has 0 saturated heterocycles. The number of hydrogen-bond donors (Lipinski definition) is 1. The minimum absolute atomic E-state index is 0.139. The molecular weight excluding hydrogens is 282 g/mol. The number of rotatable bonds is 5. The Bertz CT molecular complexity index is 763. The van der Waals surface area contributed by atoms with Crippen LogP contribution in [-0.2, 0) is 6.54 Å². The molecule has 1 amide bonds. The maximum absolute atomic E-state index is 12.2. The average molecular weight is 297 g/mol. The molecular formula is C14H15N7O. The van der Waals surface area contributed by atoms with Gasteiger partial charge in [0.1, 0.15) is 0 Å². The number of nitrogens with zero attached hydrogens (tertiary/aromatic N) is 6. The molecule has 0 unspecified atom stereocenters. The van der Waals surface area contributed by atoms with E-state index in [0.29, 0.717) is 24.5 Å². The molecule has 22 heavy (non-hydrogen) atoms. The summed E-state index contributed by atoms with van der Waals surface area (Å²) >= 11 is 0. The highest BCUT2D eigenvalue weighted by Gasteiger charge is 2.09. The van der Waals surface area contributed by atoms with Crippen molar-refractivity contribution < 1.29 is 4.79 Å². The highest BCUT2D eigenvalue weighted by atomic mass is 16.1. The summed E-state index contributed by atoms with van der Waals surface area (Å²) in [6.45, 7) is 2.94. The number of carbonyl (C=O) groups is 1. The maximum Gasteiger partial charge on any atom is 0.251 e. The number of hydrogen-bond acceptors (Lipinski definition) is 5. The molecule has 112 valence electrons. The Morgan fingerprint density at radius 1 is 1.32 bits per heavy atom. The molecule has 2 heterocycles. The second-order valence-corrected chi connectivity index (χ2v) is 4.71. The smallest absolute Gasteiger partial charge is 0.251 e. The zero-order valence-corrected chi connectivity index (χ0v) is 12.0. The fourth-order valence-electron chi connectivity index (χ4n) is 2.07. The van der Waals surface area contributed by atoms with Crippen molar-refractivity contribution in [2.75, 3.05) is 6.54 Å². The van der Waals surface area contributed by atoms with Crippen LogP contribution in [0.5, 0.6) is 0 Å². The lowest BCUT2D eigenvalue weighted by atomic mass is 10.2. The Hall–Kier alpha value is -3.03. The molecule has 1 aromatic carbocycles. The number of aromatic nitrogens is 6. The van der Waals surface area contributed by atoms with Gasteiger partial charge in [-0.3, -0.25) is 9.48 Å². The monoisotopic (exact) mass is 297 g/mol. The van der Waals surface area contributed by atoms with Crippen LogP contribution in [0.1, 0.15) is 16.2 Å². The van der Waals surface area contributed by atoms with Gasteiger partial charge in [-0.1, -0.05) is 6.07 Å². The highest BCUT2D eigenvalue weighted by Crippen LogP contribution is 2.10. The topological polar surface area (TPSA) is 90.5 Å². The van der Waals surface area contributed by atoms with E-state index in [4.69, 9.17) is 0 Å². The van der Waals surface area contributed by atoms with Gasteiger partial charge in [-0.2, -0.15) is 9.78 Å². The first-order valence-electron chi connectivity index (χ1n) is 6.85. The van der Waals surface area contributed by atoms with Crippen LogP contribution >= 0.6 is 0 Å². The quantitative estimate of drug-likeness (QED) is 0.744. The van der Waals surface area contributed by atoms with E-state index in [1.807, 2.05) is 18.3 Å². The minimum Gasteiger partial charge on any atom is -0.350 e. The van der Waals surface area contributed by atoms with Gasteiger partial charge in [-0.05, 0) is 41.6 Å². The van der Waals surface area contributed by atoms with Crippen LogP contribution in [0, 0.1) is 6.92 Å². The van der Waals surface area contributed by atoms with Crippen molar-refractivity contribution in [3.8, 4) is 5.69 Å². The van der Waals surface area contributed by atoms with Gasteiger partial charge in [0.05, 0.1) is 12.2 Å². The first-order chi connectivity index (χ1) is 10.7. The van der Waals surface area contributed by atoms with Crippen molar-refractivity contribution in [2.45, 2.75) is 13.5 Å². The summed E-state index contributed by atoms with van der Waals surface area (Å²) in [4.78, 5) is 12.2. The van der Waals surface area contributed by atoms with E-state index in [-0.39, 0.29) is 5.91 Å². The second kappa shape index (κ2) is 6.17. The standard InChI is InChI=1S/C14H15N7O/c1-11-17-18-19-21(11)13-5-2-4-12(10-13)14(22)15-7-9-20-8-3-6-16-20/h2-6,8,10H,7,9H2,1H3,(H,15,22). The number of tetrazole rings is 1. The van der Waals surface area contributed by atoms with Gasteiger partial charge < -0.3 is 5.32 Å². The molecule has 0 aliphatic carbocycles. The van der Waals surface area contributed by atoms with Gasteiger partial charge in [-0.15, -0.1) is 5.10 Å². The molecule has 0 aliphatic rings. The van der Waals surface area contributed by atoms with Gasteiger partial charge in [0, 0.05) is 24.5 Å². The first-order valence-corrected chi connectivity index (χ1v) is 6.85. The fraction of sp³-hybridized carbons (Fsp3) is 0.214. The molecule has 2 aromatic heterocycles. The Morgan fingerprint density at radius 3 is 2.95 bits per heavy atom. The van der Waals surface area contributed by atoms with Gasteiger partial charge in [0.15, 0.2) is 5.82 Å². The zero-order valence-electron chi connectivity index (χ0n) is 12.0. The average Bonchev–Trinajstić information content (AvgIpc) is 3.19. The lowest BCUT2D eigenvalue weighted by Gasteiger charge is -2.07. The molecule has 1 N–H and O–H groups in total. The molecule has 8 nitrogen and oxygen atoms in total. The number of nitrogens with one attached hydrogen (secondary N) is 1. The number of amides is 1. The first kappa shape index (κ1) is 13.9. The van der Waals surface area contributed by atoms with E-state index in [1.54, 1.807) is 40.7 Å². The van der Waals surface area contributed by atoms with Gasteiger partial charge in [-0.25, -0.2) is 0 Å². The molecule has 0 bridgehead atoms. The van der Waals surface area contributed by atoms with E-state index in [0.717, 1.165) is 5.69 Å². The van der Waals surface area contributed by atoms with Gasteiger partial charge >= 0.3 is 0 Å². The van der Waals surface area contributed by atoms with Crippen LogP contribution in [-0.4, -0.2) is 42.4 Å². The van der Waals surface area contributed by atoms with Crippen molar-refractivity contribution in [1.29, 1.82) is 0 Å². The van der Waals surface area contributed by atoms with Crippen LogP contribution in [0.15, 0.2) is 42.7 Å². The van der Waals surface area contributed by atoms with Crippen molar-refractivity contribution >= 4 is 5.91 Å². The minimum atomic E-state index is -0.139. The Kier molecular flexibility index (Phi) is 3.90. The molecule has 0 fully saturated rings. The molecule has 0 aliphatic heterocycles. The third-order valence-electron chi connectivity index (χ3n) is 3.16. The summed E-state index contributed by atoms with van der Waals surface area (Å²) in [5, 5.41) is 18.3. The van der Waals surface area contributed by atoms with Crippen LogP contribution in [0.4, 0.5) is 0 Å². The third-order valence-corrected chi connectivity index (χ3v) is 3.16. The predicted molar refractivity (Wildman–Crippen MR) is 78.5 cm³/mol. The number of benzene rings is 1. The van der Waals surface area contributed by atoms with E-state index >= 15 is 0 Å². The number of carbonyl (C=O) groups excluding carboxylic acids is 1. The normalized spacial score (nSPS) is 10.6. The Labute approximate surface area is 126 Å². The summed E-state index contributed by atoms with van der Waals surface area (Å²) in [5.74, 6) is 0.524. The zero-order chi connectivity index (χ0) is 15.4. The lowest BCUT2D eigenvalue weighted by molar-refractivity contribution is 0.0952. The molecule has 0 spiro atoms. The highest BCUT2D eigenvalue weighted by molar-refractivity contribution is 5.94. The van der Waals surface area contributed by atoms with Crippen LogP contribution in [0.2, 0.25) is 0 Å². The van der Waals surface area contributed by atoms with Crippen LogP contribution in [0.25, 0.3) is 5.69 Å². The Balaban J connectivity index is 1.66. The maximum atomic E-state index is 12.2. The molecule has 0 saturated carbocycles. The van der Waals surface area contributed by atoms with E-state index in [2.05, 4.69) is 25.9 Å². The molecule has 8 heteroatoms. The lowest BCUT2D eigenvalue weighted by Crippen LogP contribution is -2.27. The summed E-state index contributed by atoms with van der Waals surface area (Å²) in [7, 11) is 0. The van der Waals surface area contributed by atoms with E-state index in [9.17, 15) is 4.79 Å². The summed E-state index contributed by atoms with van der Waals surface area (Å²) in [5.41, 5.74) is 1.31. The second-order valence-electron chi connectivity index (χ2n) is 4.71. The third kappa shape index (κ3) is 3.00. The SMILES string of the molecule is Cc1nnnn1-c1cccc(C(=O)NCCn2cccn2)c1. The molecule has 3 rings (SSSR count). The summed E-state index contributed by atoms with van der Waals surface area (Å²) < 4.78 is 3.35. The van der Waals surface area contributed by atoms with Gasteiger partial charge in [0.25, 0.3) is 5.91 Å². The van der Waals surface area contributed by atoms with Crippen molar-refractivity contribution in [2.24, 2.45) is 0 Å². The molecule has 0 atom stereocenters. The largest absolute Gasteiger partial charge is 0.350 e. The van der Waals surface area contributed by atoms with Crippen LogP contribution < -0.4 is 5.32 Å². The number of aryl methyl sites for hydroxylation is 1. The van der Waals surface area contributed by atoms with E-state index in [1.165, 1.54) is 0 Å². The molecule has 0 radical (unpaired) electrons. The van der Waals surface area contributed by atoms with Gasteiger partial charge in [0.2, 0.25) is 0 Å². The Morgan fingerprint density at radius 2 is 2.23 bits per heavy atom. The summed E-state index contributed by atoms with van der Waals surface area (Å²) in [6.07, 6.45) is 3.56. The fourth-order valence-corrected chi connectivity index (χ4v) is 2.07. The van der Waals surface area contributed by atoms with Crippen molar-refractivity contribution in [3.05, 3.63) is 54.1 Å². The van der Waals surface area contributed by atoms with Crippen molar-refractivity contribution in [3.63, 3.8) is 0 Å². The van der Waals surface area contributed by atoms with E-state index < -0.39 is 0 Å². The van der Waals surface area contributed by atoms with Crippen molar-refractivity contribution in [1.82, 2.24) is 35.3 Å².